The highest BCUT2D eigenvalue weighted by Crippen LogP contribution is 2.37. The first-order valence-corrected chi connectivity index (χ1v) is 5.47. The van der Waals surface area contributed by atoms with Crippen molar-refractivity contribution in [1.29, 1.82) is 0 Å². The Labute approximate surface area is 84.9 Å². The molecular weight excluding hydrogens is 180 g/mol. The van der Waals surface area contributed by atoms with Crippen LogP contribution in [0.4, 0.5) is 0 Å². The van der Waals surface area contributed by atoms with Crippen molar-refractivity contribution in [2.45, 2.75) is 38.5 Å². The molecule has 0 bridgehead atoms. The Bertz CT molecular complexity index is 304. The molecule has 2 rings (SSSR count). The second-order valence-electron chi connectivity index (χ2n) is 3.87. The molecule has 13 heavy (non-hydrogen) atoms. The summed E-state index contributed by atoms with van der Waals surface area (Å²) in [6, 6.07) is 6.37. The molecule has 1 aromatic rings. The molecule has 1 aliphatic carbocycles. The first-order chi connectivity index (χ1) is 6.31. The number of benzene rings is 1. The van der Waals surface area contributed by atoms with E-state index in [9.17, 15) is 0 Å². The molecule has 0 heterocycles. The minimum Gasteiger partial charge on any atom is -0.0843 e. The van der Waals surface area contributed by atoms with E-state index >= 15 is 0 Å². The van der Waals surface area contributed by atoms with E-state index in [0.717, 1.165) is 10.9 Å². The summed E-state index contributed by atoms with van der Waals surface area (Å²) in [5.74, 6) is 0.803. The Balaban J connectivity index is 2.27. The summed E-state index contributed by atoms with van der Waals surface area (Å²) in [6.07, 6.45) is 5.16. The quantitative estimate of drug-likeness (QED) is 0.663. The first-order valence-electron chi connectivity index (χ1n) is 5.09. The molecule has 0 spiro atoms. The largest absolute Gasteiger partial charge is 0.0843 e. The van der Waals surface area contributed by atoms with Crippen LogP contribution in [-0.2, 0) is 6.42 Å². The maximum atomic E-state index is 5.95. The van der Waals surface area contributed by atoms with Crippen molar-refractivity contribution in [3.05, 3.63) is 34.3 Å². The molecule has 0 N–H and O–H groups in total. The van der Waals surface area contributed by atoms with E-state index in [2.05, 4.69) is 19.1 Å². The zero-order chi connectivity index (χ0) is 9.26. The molecule has 1 aliphatic rings. The minimum atomic E-state index is 0.803. The van der Waals surface area contributed by atoms with Crippen molar-refractivity contribution in [1.82, 2.24) is 0 Å². The van der Waals surface area contributed by atoms with E-state index in [1.807, 2.05) is 6.07 Å². The Hall–Kier alpha value is -0.490. The fraction of sp³-hybridized carbons (Fsp3) is 0.500. The van der Waals surface area contributed by atoms with Crippen LogP contribution in [0.15, 0.2) is 18.2 Å². The predicted octanol–water partition coefficient (Wildman–Crippen LogP) is 4.17. The van der Waals surface area contributed by atoms with Gasteiger partial charge in [0.05, 0.1) is 0 Å². The third-order valence-corrected chi connectivity index (χ3v) is 3.18. The van der Waals surface area contributed by atoms with Gasteiger partial charge in [0.2, 0.25) is 0 Å². The highest BCUT2D eigenvalue weighted by atomic mass is 35.5. The van der Waals surface area contributed by atoms with Crippen molar-refractivity contribution in [2.75, 3.05) is 0 Å². The van der Waals surface area contributed by atoms with Crippen molar-refractivity contribution in [3.8, 4) is 0 Å². The van der Waals surface area contributed by atoms with Crippen molar-refractivity contribution in [3.63, 3.8) is 0 Å². The van der Waals surface area contributed by atoms with Crippen LogP contribution in [0.2, 0.25) is 5.02 Å². The number of aryl methyl sites for hydroxylation is 1. The molecule has 1 heteroatoms. The fourth-order valence-electron chi connectivity index (χ4n) is 2.32. The maximum absolute atomic E-state index is 5.95. The lowest BCUT2D eigenvalue weighted by Gasteiger charge is -2.09. The third kappa shape index (κ3) is 1.73. The van der Waals surface area contributed by atoms with Gasteiger partial charge >= 0.3 is 0 Å². The van der Waals surface area contributed by atoms with E-state index < -0.39 is 0 Å². The summed E-state index contributed by atoms with van der Waals surface area (Å²) in [5.41, 5.74) is 3.03. The van der Waals surface area contributed by atoms with Crippen LogP contribution < -0.4 is 0 Å². The second-order valence-corrected chi connectivity index (χ2v) is 4.30. The van der Waals surface area contributed by atoms with Crippen LogP contribution in [0.25, 0.3) is 0 Å². The van der Waals surface area contributed by atoms with Crippen LogP contribution in [0.3, 0.4) is 0 Å². The van der Waals surface area contributed by atoms with Crippen molar-refractivity contribution >= 4 is 11.6 Å². The maximum Gasteiger partial charge on any atom is 0.0408 e. The van der Waals surface area contributed by atoms with Crippen LogP contribution in [0, 0.1) is 0 Å². The number of fused-ring (bicyclic) bond motifs is 1. The van der Waals surface area contributed by atoms with E-state index in [1.165, 1.54) is 31.2 Å². The molecule has 0 fully saturated rings. The van der Waals surface area contributed by atoms with Crippen molar-refractivity contribution < 1.29 is 0 Å². The first kappa shape index (κ1) is 9.08. The second kappa shape index (κ2) is 3.71. The van der Waals surface area contributed by atoms with Gasteiger partial charge in [-0.25, -0.2) is 0 Å². The van der Waals surface area contributed by atoms with E-state index in [-0.39, 0.29) is 0 Å². The smallest absolute Gasteiger partial charge is 0.0408 e. The normalized spacial score (nSPS) is 20.3. The molecule has 1 aromatic carbocycles. The van der Waals surface area contributed by atoms with Crippen LogP contribution in [0.1, 0.15) is 43.2 Å². The molecule has 0 saturated heterocycles. The molecule has 0 aromatic heterocycles. The van der Waals surface area contributed by atoms with Gasteiger partial charge in [-0.15, -0.1) is 0 Å². The van der Waals surface area contributed by atoms with E-state index in [1.54, 1.807) is 5.56 Å². The highest BCUT2D eigenvalue weighted by molar-refractivity contribution is 6.30. The number of halogens is 1. The van der Waals surface area contributed by atoms with E-state index in [0.29, 0.717) is 0 Å². The molecule has 1 atom stereocenters. The molecule has 0 radical (unpaired) electrons. The van der Waals surface area contributed by atoms with Crippen molar-refractivity contribution in [2.24, 2.45) is 0 Å². The van der Waals surface area contributed by atoms with E-state index in [4.69, 9.17) is 11.6 Å². The van der Waals surface area contributed by atoms with Gasteiger partial charge in [-0.1, -0.05) is 31.0 Å². The van der Waals surface area contributed by atoms with Crippen LogP contribution in [0.5, 0.6) is 0 Å². The fourth-order valence-corrected chi connectivity index (χ4v) is 2.52. The monoisotopic (exact) mass is 194 g/mol. The Kier molecular flexibility index (Phi) is 2.59. The third-order valence-electron chi connectivity index (χ3n) is 2.94. The number of hydrogen-bond donors (Lipinski definition) is 0. The molecule has 1 unspecified atom stereocenters. The zero-order valence-corrected chi connectivity index (χ0v) is 8.77. The van der Waals surface area contributed by atoms with Gasteiger partial charge in [-0.2, -0.15) is 0 Å². The molecular formula is C12H15Cl. The standard InChI is InChI=1S/C12H15Cl/c1-2-3-9-4-5-10-8-11(13)6-7-12(9)10/h6-9H,2-5H2,1H3. The van der Waals surface area contributed by atoms with Gasteiger partial charge in [0.25, 0.3) is 0 Å². The van der Waals surface area contributed by atoms with Gasteiger partial charge in [0.15, 0.2) is 0 Å². The number of hydrogen-bond acceptors (Lipinski definition) is 0. The van der Waals surface area contributed by atoms with Gasteiger partial charge in [-0.3, -0.25) is 0 Å². The lowest BCUT2D eigenvalue weighted by Crippen LogP contribution is -1.91. The lowest BCUT2D eigenvalue weighted by molar-refractivity contribution is 0.608. The average Bonchev–Trinajstić information content (AvgIpc) is 2.49. The van der Waals surface area contributed by atoms with Gasteiger partial charge in [-0.05, 0) is 48.4 Å². The summed E-state index contributed by atoms with van der Waals surface area (Å²) in [7, 11) is 0. The highest BCUT2D eigenvalue weighted by Gasteiger charge is 2.21. The summed E-state index contributed by atoms with van der Waals surface area (Å²) in [5, 5.41) is 0.885. The average molecular weight is 195 g/mol. The predicted molar refractivity (Wildman–Crippen MR) is 57.4 cm³/mol. The zero-order valence-electron chi connectivity index (χ0n) is 8.02. The van der Waals surface area contributed by atoms with Crippen LogP contribution >= 0.6 is 11.6 Å². The Morgan fingerprint density at radius 2 is 2.31 bits per heavy atom. The Morgan fingerprint density at radius 1 is 1.46 bits per heavy atom. The lowest BCUT2D eigenvalue weighted by atomic mass is 9.97. The molecule has 70 valence electrons. The summed E-state index contributed by atoms with van der Waals surface area (Å²) in [6.45, 7) is 2.26. The molecule has 0 amide bonds. The molecule has 0 saturated carbocycles. The number of rotatable bonds is 2. The topological polar surface area (TPSA) is 0 Å². The van der Waals surface area contributed by atoms with Gasteiger partial charge in [0.1, 0.15) is 0 Å². The summed E-state index contributed by atoms with van der Waals surface area (Å²) >= 11 is 5.95. The SMILES string of the molecule is CCCC1CCc2cc(Cl)ccc21. The minimum absolute atomic E-state index is 0.803. The molecule has 0 aliphatic heterocycles. The van der Waals surface area contributed by atoms with Crippen LogP contribution in [-0.4, -0.2) is 0 Å². The molecule has 0 nitrogen and oxygen atoms in total. The Morgan fingerprint density at radius 3 is 3.08 bits per heavy atom. The van der Waals surface area contributed by atoms with Gasteiger partial charge in [0, 0.05) is 5.02 Å². The summed E-state index contributed by atoms with van der Waals surface area (Å²) < 4.78 is 0. The van der Waals surface area contributed by atoms with Gasteiger partial charge < -0.3 is 0 Å². The summed E-state index contributed by atoms with van der Waals surface area (Å²) in [4.78, 5) is 0.